The summed E-state index contributed by atoms with van der Waals surface area (Å²) in [6.45, 7) is 4.30. The van der Waals surface area contributed by atoms with E-state index in [4.69, 9.17) is 0 Å². The predicted octanol–water partition coefficient (Wildman–Crippen LogP) is 3.34. The van der Waals surface area contributed by atoms with E-state index in [2.05, 4.69) is 18.6 Å². The van der Waals surface area contributed by atoms with Gasteiger partial charge in [0.1, 0.15) is 0 Å². The Morgan fingerprint density at radius 3 is 2.28 bits per heavy atom. The van der Waals surface area contributed by atoms with Gasteiger partial charge < -0.3 is 4.74 Å². The molecule has 0 saturated carbocycles. The average Bonchev–Trinajstić information content (AvgIpc) is 2.43. The number of Topliss-reactive ketones (excluding diaryl/α,β-unsaturated/α-hetero) is 1. The van der Waals surface area contributed by atoms with Gasteiger partial charge in [-0.15, -0.1) is 0 Å². The molecule has 18 heavy (non-hydrogen) atoms. The zero-order valence-corrected chi connectivity index (χ0v) is 11.2. The molecule has 3 heteroatoms. The van der Waals surface area contributed by atoms with Crippen molar-refractivity contribution < 1.29 is 14.3 Å². The van der Waals surface area contributed by atoms with Gasteiger partial charge in [0.15, 0.2) is 5.78 Å². The molecule has 1 atom stereocenters. The Labute approximate surface area is 108 Å². The minimum Gasteiger partial charge on any atom is -0.469 e. The number of methoxy groups -OCH3 is 1. The third kappa shape index (κ3) is 3.99. The number of ketones is 1. The third-order valence-electron chi connectivity index (χ3n) is 3.20. The Balaban J connectivity index is 2.62. The van der Waals surface area contributed by atoms with Crippen LogP contribution in [0.4, 0.5) is 0 Å². The lowest BCUT2D eigenvalue weighted by molar-refractivity contribution is -0.140. The van der Waals surface area contributed by atoms with Crippen LogP contribution in [-0.4, -0.2) is 18.9 Å². The molecule has 0 aliphatic rings. The molecule has 0 bridgehead atoms. The fourth-order valence-electron chi connectivity index (χ4n) is 1.70. The maximum atomic E-state index is 11.8. The van der Waals surface area contributed by atoms with Gasteiger partial charge in [-0.3, -0.25) is 9.59 Å². The SMILES string of the molecule is CCC(C)c1ccc(C(=O)CCC(=O)OC)cc1. The first-order valence-electron chi connectivity index (χ1n) is 6.28. The van der Waals surface area contributed by atoms with Crippen molar-refractivity contribution in [2.45, 2.75) is 39.0 Å². The lowest BCUT2D eigenvalue weighted by atomic mass is 9.96. The fourth-order valence-corrected chi connectivity index (χ4v) is 1.70. The molecule has 98 valence electrons. The molecule has 0 fully saturated rings. The summed E-state index contributed by atoms with van der Waals surface area (Å²) in [6.07, 6.45) is 1.42. The Morgan fingerprint density at radius 2 is 1.78 bits per heavy atom. The first-order chi connectivity index (χ1) is 8.58. The van der Waals surface area contributed by atoms with E-state index in [-0.39, 0.29) is 24.6 Å². The van der Waals surface area contributed by atoms with Gasteiger partial charge in [0.25, 0.3) is 0 Å². The van der Waals surface area contributed by atoms with Crippen molar-refractivity contribution in [3.8, 4) is 0 Å². The van der Waals surface area contributed by atoms with E-state index in [1.807, 2.05) is 24.3 Å². The van der Waals surface area contributed by atoms with Crippen LogP contribution in [0.15, 0.2) is 24.3 Å². The smallest absolute Gasteiger partial charge is 0.305 e. The predicted molar refractivity (Wildman–Crippen MR) is 70.7 cm³/mol. The van der Waals surface area contributed by atoms with Crippen molar-refractivity contribution in [1.29, 1.82) is 0 Å². The van der Waals surface area contributed by atoms with Crippen LogP contribution in [0.25, 0.3) is 0 Å². The Morgan fingerprint density at radius 1 is 1.17 bits per heavy atom. The second-order valence-corrected chi connectivity index (χ2v) is 4.43. The number of hydrogen-bond acceptors (Lipinski definition) is 3. The van der Waals surface area contributed by atoms with Crippen molar-refractivity contribution in [3.05, 3.63) is 35.4 Å². The van der Waals surface area contributed by atoms with Gasteiger partial charge in [0.05, 0.1) is 13.5 Å². The highest BCUT2D eigenvalue weighted by Gasteiger charge is 2.10. The van der Waals surface area contributed by atoms with E-state index in [1.165, 1.54) is 12.7 Å². The first-order valence-corrected chi connectivity index (χ1v) is 6.28. The summed E-state index contributed by atoms with van der Waals surface area (Å²) >= 11 is 0. The molecular formula is C15H20O3. The van der Waals surface area contributed by atoms with Gasteiger partial charge in [-0.1, -0.05) is 38.1 Å². The van der Waals surface area contributed by atoms with E-state index < -0.39 is 0 Å². The summed E-state index contributed by atoms with van der Waals surface area (Å²) in [5.74, 6) is 0.139. The fraction of sp³-hybridized carbons (Fsp3) is 0.467. The highest BCUT2D eigenvalue weighted by atomic mass is 16.5. The van der Waals surface area contributed by atoms with Gasteiger partial charge in [0.2, 0.25) is 0 Å². The molecule has 0 saturated heterocycles. The van der Waals surface area contributed by atoms with Crippen molar-refractivity contribution in [2.24, 2.45) is 0 Å². The molecule has 3 nitrogen and oxygen atoms in total. The van der Waals surface area contributed by atoms with Crippen LogP contribution in [0.1, 0.15) is 54.9 Å². The monoisotopic (exact) mass is 248 g/mol. The number of rotatable bonds is 6. The molecule has 0 amide bonds. The van der Waals surface area contributed by atoms with Crippen LogP contribution in [0.5, 0.6) is 0 Å². The molecular weight excluding hydrogens is 228 g/mol. The quantitative estimate of drug-likeness (QED) is 0.573. The lowest BCUT2D eigenvalue weighted by Crippen LogP contribution is -2.06. The first kappa shape index (κ1) is 14.4. The summed E-state index contributed by atoms with van der Waals surface area (Å²) in [5, 5.41) is 0. The van der Waals surface area contributed by atoms with Crippen LogP contribution in [0, 0.1) is 0 Å². The van der Waals surface area contributed by atoms with Gasteiger partial charge in [0, 0.05) is 12.0 Å². The van der Waals surface area contributed by atoms with Gasteiger partial charge in [-0.05, 0) is 17.9 Å². The summed E-state index contributed by atoms with van der Waals surface area (Å²) in [6, 6.07) is 7.64. The minimum absolute atomic E-state index is 0.0175. The van der Waals surface area contributed by atoms with Gasteiger partial charge in [-0.25, -0.2) is 0 Å². The molecule has 1 aromatic rings. The Kier molecular flexibility index (Phi) is 5.56. The standard InChI is InChI=1S/C15H20O3/c1-4-11(2)12-5-7-13(8-6-12)14(16)9-10-15(17)18-3/h5-8,11H,4,9-10H2,1-3H3. The second kappa shape index (κ2) is 6.94. The van der Waals surface area contributed by atoms with Crippen molar-refractivity contribution in [1.82, 2.24) is 0 Å². The normalized spacial score (nSPS) is 11.9. The molecule has 0 aromatic heterocycles. The van der Waals surface area contributed by atoms with E-state index in [0.717, 1.165) is 6.42 Å². The maximum Gasteiger partial charge on any atom is 0.305 e. The van der Waals surface area contributed by atoms with Crippen LogP contribution >= 0.6 is 0 Å². The summed E-state index contributed by atoms with van der Waals surface area (Å²) in [5.41, 5.74) is 1.90. The Hall–Kier alpha value is -1.64. The Bertz CT molecular complexity index is 406. The minimum atomic E-state index is -0.348. The van der Waals surface area contributed by atoms with Crippen LogP contribution in [-0.2, 0) is 9.53 Å². The summed E-state index contributed by atoms with van der Waals surface area (Å²) in [7, 11) is 1.33. The van der Waals surface area contributed by atoms with E-state index in [1.54, 1.807) is 0 Å². The molecule has 0 radical (unpaired) electrons. The van der Waals surface area contributed by atoms with Crippen LogP contribution in [0.2, 0.25) is 0 Å². The third-order valence-corrected chi connectivity index (χ3v) is 3.20. The maximum absolute atomic E-state index is 11.8. The molecule has 0 aliphatic heterocycles. The van der Waals surface area contributed by atoms with E-state index >= 15 is 0 Å². The number of benzene rings is 1. The molecule has 0 aliphatic carbocycles. The van der Waals surface area contributed by atoms with Gasteiger partial charge in [-0.2, -0.15) is 0 Å². The van der Waals surface area contributed by atoms with Crippen molar-refractivity contribution in [2.75, 3.05) is 7.11 Å². The highest BCUT2D eigenvalue weighted by Crippen LogP contribution is 2.19. The van der Waals surface area contributed by atoms with Gasteiger partial charge >= 0.3 is 5.97 Å². The topological polar surface area (TPSA) is 43.4 Å². The summed E-state index contributed by atoms with van der Waals surface area (Å²) in [4.78, 5) is 22.8. The molecule has 1 unspecified atom stereocenters. The lowest BCUT2D eigenvalue weighted by Gasteiger charge is -2.09. The number of hydrogen-bond donors (Lipinski definition) is 0. The number of ether oxygens (including phenoxy) is 1. The molecule has 0 spiro atoms. The molecule has 1 aromatic carbocycles. The number of esters is 1. The zero-order chi connectivity index (χ0) is 13.5. The number of carbonyl (C=O) groups excluding carboxylic acids is 2. The zero-order valence-electron chi connectivity index (χ0n) is 11.2. The molecule has 0 N–H and O–H groups in total. The van der Waals surface area contributed by atoms with E-state index in [9.17, 15) is 9.59 Å². The average molecular weight is 248 g/mol. The van der Waals surface area contributed by atoms with Crippen LogP contribution in [0.3, 0.4) is 0 Å². The van der Waals surface area contributed by atoms with E-state index in [0.29, 0.717) is 11.5 Å². The van der Waals surface area contributed by atoms with Crippen molar-refractivity contribution >= 4 is 11.8 Å². The second-order valence-electron chi connectivity index (χ2n) is 4.43. The van der Waals surface area contributed by atoms with Crippen molar-refractivity contribution in [3.63, 3.8) is 0 Å². The highest BCUT2D eigenvalue weighted by molar-refractivity contribution is 5.97. The molecule has 0 heterocycles. The number of carbonyl (C=O) groups is 2. The molecule has 1 rings (SSSR count). The van der Waals surface area contributed by atoms with Crippen LogP contribution < -0.4 is 0 Å². The summed E-state index contributed by atoms with van der Waals surface area (Å²) < 4.78 is 4.51. The largest absolute Gasteiger partial charge is 0.469 e.